The van der Waals surface area contributed by atoms with Gasteiger partial charge >= 0.3 is 0 Å². The van der Waals surface area contributed by atoms with E-state index < -0.39 is 0 Å². The molecular formula is C15H16O. The van der Waals surface area contributed by atoms with E-state index >= 15 is 0 Å². The summed E-state index contributed by atoms with van der Waals surface area (Å²) in [6.45, 7) is 6.03. The van der Waals surface area contributed by atoms with Crippen LogP contribution in [0.25, 0.3) is 10.8 Å². The van der Waals surface area contributed by atoms with Crippen molar-refractivity contribution < 1.29 is 4.74 Å². The molecule has 0 saturated carbocycles. The predicted octanol–water partition coefficient (Wildman–Crippen LogP) is 3.65. The highest BCUT2D eigenvalue weighted by Gasteiger charge is 2.26. The molecule has 1 aliphatic heterocycles. The Balaban J connectivity index is 2.43. The van der Waals surface area contributed by atoms with Crippen LogP contribution in [0.5, 0.6) is 0 Å². The number of hydrogen-bond acceptors (Lipinski definition) is 1. The maximum Gasteiger partial charge on any atom is 0.0723 e. The minimum atomic E-state index is 0.103. The summed E-state index contributed by atoms with van der Waals surface area (Å²) < 4.78 is 5.78. The summed E-state index contributed by atoms with van der Waals surface area (Å²) in [7, 11) is 0. The van der Waals surface area contributed by atoms with Gasteiger partial charge in [0.1, 0.15) is 0 Å². The molecule has 2 aromatic carbocycles. The van der Waals surface area contributed by atoms with Gasteiger partial charge in [0.05, 0.1) is 13.2 Å². The van der Waals surface area contributed by atoms with Crippen molar-refractivity contribution in [1.82, 2.24) is 0 Å². The first-order valence-electron chi connectivity index (χ1n) is 5.77. The van der Waals surface area contributed by atoms with E-state index in [1.165, 1.54) is 21.9 Å². The first-order chi connectivity index (χ1) is 7.68. The van der Waals surface area contributed by atoms with E-state index in [0.717, 1.165) is 13.2 Å². The number of hydrogen-bond donors (Lipinski definition) is 0. The van der Waals surface area contributed by atoms with Gasteiger partial charge in [-0.3, -0.25) is 0 Å². The third-order valence-corrected chi connectivity index (χ3v) is 3.44. The Hall–Kier alpha value is -1.34. The third kappa shape index (κ3) is 1.35. The molecule has 3 rings (SSSR count). The first kappa shape index (κ1) is 9.86. The predicted molar refractivity (Wildman–Crippen MR) is 66.6 cm³/mol. The Kier molecular flexibility index (Phi) is 2.05. The second-order valence-electron chi connectivity index (χ2n) is 5.20. The normalized spacial score (nSPS) is 18.4. The summed E-state index contributed by atoms with van der Waals surface area (Å²) in [6, 6.07) is 13.0. The van der Waals surface area contributed by atoms with Crippen molar-refractivity contribution in [3.8, 4) is 0 Å². The van der Waals surface area contributed by atoms with Gasteiger partial charge in [-0.1, -0.05) is 50.2 Å². The molecule has 0 spiro atoms. The number of rotatable bonds is 0. The van der Waals surface area contributed by atoms with E-state index in [9.17, 15) is 0 Å². The Labute approximate surface area is 96.0 Å². The van der Waals surface area contributed by atoms with Crippen LogP contribution in [0, 0.1) is 0 Å². The van der Waals surface area contributed by atoms with Gasteiger partial charge in [-0.05, 0) is 21.9 Å². The largest absolute Gasteiger partial charge is 0.376 e. The minimum absolute atomic E-state index is 0.103. The summed E-state index contributed by atoms with van der Waals surface area (Å²) in [5, 5.41) is 2.72. The van der Waals surface area contributed by atoms with Gasteiger partial charge in [0.25, 0.3) is 0 Å². The highest BCUT2D eigenvalue weighted by atomic mass is 16.5. The molecule has 1 aliphatic rings. The van der Waals surface area contributed by atoms with Crippen LogP contribution in [0.4, 0.5) is 0 Å². The molecule has 0 aliphatic carbocycles. The monoisotopic (exact) mass is 212 g/mol. The topological polar surface area (TPSA) is 9.23 Å². The maximum atomic E-state index is 5.78. The van der Waals surface area contributed by atoms with E-state index in [1.807, 2.05) is 0 Å². The van der Waals surface area contributed by atoms with Gasteiger partial charge in [-0.2, -0.15) is 0 Å². The van der Waals surface area contributed by atoms with Crippen molar-refractivity contribution in [2.24, 2.45) is 0 Å². The number of benzene rings is 2. The molecule has 82 valence electrons. The Morgan fingerprint density at radius 2 is 1.81 bits per heavy atom. The molecule has 0 fully saturated rings. The van der Waals surface area contributed by atoms with Crippen LogP contribution in [0.15, 0.2) is 36.4 Å². The lowest BCUT2D eigenvalue weighted by molar-refractivity contribution is 0.0874. The zero-order valence-electron chi connectivity index (χ0n) is 9.79. The average molecular weight is 212 g/mol. The number of ether oxygens (including phenoxy) is 1. The van der Waals surface area contributed by atoms with Gasteiger partial charge < -0.3 is 4.74 Å². The van der Waals surface area contributed by atoms with E-state index in [4.69, 9.17) is 4.74 Å². The average Bonchev–Trinajstić information content (AvgIpc) is 2.39. The van der Waals surface area contributed by atoms with Crippen LogP contribution in [0.3, 0.4) is 0 Å². The van der Waals surface area contributed by atoms with Crippen LogP contribution in [-0.4, -0.2) is 6.61 Å². The van der Waals surface area contributed by atoms with Crippen molar-refractivity contribution in [1.29, 1.82) is 0 Å². The molecule has 1 heterocycles. The quantitative estimate of drug-likeness (QED) is 0.647. The van der Waals surface area contributed by atoms with Crippen LogP contribution >= 0.6 is 0 Å². The fourth-order valence-electron chi connectivity index (χ4n) is 2.60. The SMILES string of the molecule is CC1(C)COCc2cccc3cccc1c23. The molecular weight excluding hydrogens is 196 g/mol. The first-order valence-corrected chi connectivity index (χ1v) is 5.77. The fraction of sp³-hybridized carbons (Fsp3) is 0.333. The van der Waals surface area contributed by atoms with Crippen LogP contribution in [0.1, 0.15) is 25.0 Å². The van der Waals surface area contributed by atoms with Crippen LogP contribution in [0.2, 0.25) is 0 Å². The van der Waals surface area contributed by atoms with Crippen LogP contribution < -0.4 is 0 Å². The molecule has 0 amide bonds. The smallest absolute Gasteiger partial charge is 0.0723 e. The molecule has 0 aromatic heterocycles. The zero-order chi connectivity index (χ0) is 11.2. The second-order valence-corrected chi connectivity index (χ2v) is 5.20. The Bertz CT molecular complexity index is 535. The van der Waals surface area contributed by atoms with E-state index in [2.05, 4.69) is 50.2 Å². The van der Waals surface area contributed by atoms with Crippen molar-refractivity contribution in [3.05, 3.63) is 47.5 Å². The van der Waals surface area contributed by atoms with Gasteiger partial charge in [-0.25, -0.2) is 0 Å². The maximum absolute atomic E-state index is 5.78. The minimum Gasteiger partial charge on any atom is -0.376 e. The molecule has 0 radical (unpaired) electrons. The molecule has 2 aromatic rings. The summed E-state index contributed by atoms with van der Waals surface area (Å²) in [5.41, 5.74) is 2.84. The second kappa shape index (κ2) is 3.33. The van der Waals surface area contributed by atoms with E-state index in [1.54, 1.807) is 0 Å². The van der Waals surface area contributed by atoms with Crippen molar-refractivity contribution in [3.63, 3.8) is 0 Å². The van der Waals surface area contributed by atoms with Crippen molar-refractivity contribution >= 4 is 10.8 Å². The van der Waals surface area contributed by atoms with Crippen LogP contribution in [-0.2, 0) is 16.8 Å². The lowest BCUT2D eigenvalue weighted by Crippen LogP contribution is -2.22. The van der Waals surface area contributed by atoms with Gasteiger partial charge in [-0.15, -0.1) is 0 Å². The molecule has 1 nitrogen and oxygen atoms in total. The highest BCUT2D eigenvalue weighted by molar-refractivity contribution is 5.89. The molecule has 0 unspecified atom stereocenters. The highest BCUT2D eigenvalue weighted by Crippen LogP contribution is 2.35. The summed E-state index contributed by atoms with van der Waals surface area (Å²) in [4.78, 5) is 0. The summed E-state index contributed by atoms with van der Waals surface area (Å²) in [6.07, 6.45) is 0. The molecule has 0 atom stereocenters. The van der Waals surface area contributed by atoms with Gasteiger partial charge in [0.2, 0.25) is 0 Å². The van der Waals surface area contributed by atoms with Gasteiger partial charge in [0.15, 0.2) is 0 Å². The van der Waals surface area contributed by atoms with Crippen molar-refractivity contribution in [2.75, 3.05) is 6.61 Å². The standard InChI is InChI=1S/C15H16O/c1-15(2)10-16-9-12-7-3-5-11-6-4-8-13(15)14(11)12/h3-8H,9-10H2,1-2H3. The van der Waals surface area contributed by atoms with E-state index in [-0.39, 0.29) is 5.41 Å². The molecule has 1 heteroatoms. The van der Waals surface area contributed by atoms with Gasteiger partial charge in [0, 0.05) is 5.41 Å². The summed E-state index contributed by atoms with van der Waals surface area (Å²) >= 11 is 0. The molecule has 16 heavy (non-hydrogen) atoms. The zero-order valence-corrected chi connectivity index (χ0v) is 9.79. The molecule has 0 N–H and O–H groups in total. The third-order valence-electron chi connectivity index (χ3n) is 3.44. The fourth-order valence-corrected chi connectivity index (χ4v) is 2.60. The molecule has 0 bridgehead atoms. The lowest BCUT2D eigenvalue weighted by Gasteiger charge is -2.24. The Morgan fingerprint density at radius 3 is 2.62 bits per heavy atom. The van der Waals surface area contributed by atoms with E-state index in [0.29, 0.717) is 0 Å². The summed E-state index contributed by atoms with van der Waals surface area (Å²) in [5.74, 6) is 0. The Morgan fingerprint density at radius 1 is 1.06 bits per heavy atom. The lowest BCUT2D eigenvalue weighted by atomic mass is 9.82. The molecule has 0 saturated heterocycles. The van der Waals surface area contributed by atoms with Crippen molar-refractivity contribution in [2.45, 2.75) is 25.9 Å².